The Bertz CT molecular complexity index is 417. The molecule has 0 aromatic heterocycles. The van der Waals surface area contributed by atoms with Crippen LogP contribution >= 0.6 is 0 Å². The summed E-state index contributed by atoms with van der Waals surface area (Å²) in [6.07, 6.45) is 3.73. The van der Waals surface area contributed by atoms with Crippen molar-refractivity contribution in [2.75, 3.05) is 18.5 Å². The number of carbonyl (C=O) groups excluding carboxylic acids is 1. The Hall–Kier alpha value is -1.55. The van der Waals surface area contributed by atoms with E-state index in [-0.39, 0.29) is 12.5 Å². The third-order valence-electron chi connectivity index (χ3n) is 3.61. The normalized spacial score (nSPS) is 22.2. The van der Waals surface area contributed by atoms with Crippen LogP contribution in [0.25, 0.3) is 0 Å². The highest BCUT2D eigenvalue weighted by molar-refractivity contribution is 5.94. The Labute approximate surface area is 114 Å². The number of nitrogens with one attached hydrogen (secondary N) is 2. The summed E-state index contributed by atoms with van der Waals surface area (Å²) in [6, 6.07) is 8.07. The van der Waals surface area contributed by atoms with Gasteiger partial charge in [0.1, 0.15) is 0 Å². The molecule has 1 aromatic rings. The highest BCUT2D eigenvalue weighted by Gasteiger charge is 2.20. The number of hydrogen-bond donors (Lipinski definition) is 3. The van der Waals surface area contributed by atoms with Crippen molar-refractivity contribution >= 4 is 11.6 Å². The maximum absolute atomic E-state index is 11.7. The van der Waals surface area contributed by atoms with Crippen LogP contribution < -0.4 is 10.6 Å². The Kier molecular flexibility index (Phi) is 4.80. The first kappa shape index (κ1) is 13.9. The van der Waals surface area contributed by atoms with Crippen molar-refractivity contribution in [1.29, 1.82) is 0 Å². The quantitative estimate of drug-likeness (QED) is 0.760. The maximum Gasteiger partial charge on any atom is 0.251 e. The summed E-state index contributed by atoms with van der Waals surface area (Å²) in [6.45, 7) is 2.54. The average Bonchev–Trinajstić information content (AvgIpc) is 2.82. The van der Waals surface area contributed by atoms with Crippen molar-refractivity contribution < 1.29 is 9.90 Å². The largest absolute Gasteiger partial charge is 0.395 e. The number of hydrogen-bond acceptors (Lipinski definition) is 3. The first-order valence-electron chi connectivity index (χ1n) is 6.94. The second-order valence-electron chi connectivity index (χ2n) is 5.32. The minimum absolute atomic E-state index is 0.0365. The molecular formula is C15H22N2O2. The van der Waals surface area contributed by atoms with Gasteiger partial charge in [0.2, 0.25) is 0 Å². The molecular weight excluding hydrogens is 240 g/mol. The fourth-order valence-corrected chi connectivity index (χ4v) is 2.56. The fraction of sp³-hybridized carbons (Fsp3) is 0.533. The van der Waals surface area contributed by atoms with Crippen molar-refractivity contribution in [2.45, 2.75) is 32.2 Å². The van der Waals surface area contributed by atoms with Crippen molar-refractivity contribution in [3.8, 4) is 0 Å². The molecule has 2 atom stereocenters. The van der Waals surface area contributed by atoms with Gasteiger partial charge in [-0.25, -0.2) is 0 Å². The van der Waals surface area contributed by atoms with E-state index in [0.717, 1.165) is 11.6 Å². The van der Waals surface area contributed by atoms with E-state index in [1.54, 1.807) is 0 Å². The number of anilines is 1. The van der Waals surface area contributed by atoms with Crippen molar-refractivity contribution in [1.82, 2.24) is 5.32 Å². The first-order valence-corrected chi connectivity index (χ1v) is 6.94. The molecule has 0 bridgehead atoms. The smallest absolute Gasteiger partial charge is 0.251 e. The Morgan fingerprint density at radius 3 is 2.63 bits per heavy atom. The molecule has 104 valence electrons. The van der Waals surface area contributed by atoms with Crippen LogP contribution in [0.4, 0.5) is 5.69 Å². The van der Waals surface area contributed by atoms with E-state index in [2.05, 4.69) is 17.6 Å². The molecule has 0 saturated heterocycles. The number of carbonyl (C=O) groups is 1. The van der Waals surface area contributed by atoms with Crippen LogP contribution in [0.15, 0.2) is 24.3 Å². The van der Waals surface area contributed by atoms with Crippen molar-refractivity contribution in [3.63, 3.8) is 0 Å². The standard InChI is InChI=1S/C15H22N2O2/c1-11-2-5-14(10-11)17-13-6-3-12(4-7-13)15(19)16-8-9-18/h3-4,6-7,11,14,17-18H,2,5,8-10H2,1H3,(H,16,19). The van der Waals surface area contributed by atoms with Gasteiger partial charge in [0, 0.05) is 23.8 Å². The van der Waals surface area contributed by atoms with Gasteiger partial charge in [-0.2, -0.15) is 0 Å². The van der Waals surface area contributed by atoms with Gasteiger partial charge in [-0.15, -0.1) is 0 Å². The van der Waals surface area contributed by atoms with E-state index in [0.29, 0.717) is 18.2 Å². The highest BCUT2D eigenvalue weighted by Crippen LogP contribution is 2.27. The van der Waals surface area contributed by atoms with Crippen LogP contribution in [0.3, 0.4) is 0 Å². The van der Waals surface area contributed by atoms with Crippen molar-refractivity contribution in [3.05, 3.63) is 29.8 Å². The molecule has 0 radical (unpaired) electrons. The molecule has 1 aliphatic carbocycles. The van der Waals surface area contributed by atoms with Gasteiger partial charge in [-0.3, -0.25) is 4.79 Å². The lowest BCUT2D eigenvalue weighted by Gasteiger charge is -2.14. The maximum atomic E-state index is 11.7. The lowest BCUT2D eigenvalue weighted by Crippen LogP contribution is -2.26. The second-order valence-corrected chi connectivity index (χ2v) is 5.32. The minimum atomic E-state index is -0.143. The van der Waals surface area contributed by atoms with Crippen LogP contribution in [-0.4, -0.2) is 30.2 Å². The number of aliphatic hydroxyl groups is 1. The van der Waals surface area contributed by atoms with Crippen LogP contribution in [0.2, 0.25) is 0 Å². The van der Waals surface area contributed by atoms with Gasteiger partial charge < -0.3 is 15.7 Å². The molecule has 1 fully saturated rings. The topological polar surface area (TPSA) is 61.4 Å². The Morgan fingerprint density at radius 2 is 2.05 bits per heavy atom. The van der Waals surface area contributed by atoms with Gasteiger partial charge in [0.25, 0.3) is 5.91 Å². The SMILES string of the molecule is CC1CCC(Nc2ccc(C(=O)NCCO)cc2)C1. The summed E-state index contributed by atoms with van der Waals surface area (Å²) in [4.78, 5) is 11.7. The number of benzene rings is 1. The van der Waals surface area contributed by atoms with E-state index in [1.807, 2.05) is 24.3 Å². The molecule has 4 heteroatoms. The molecule has 19 heavy (non-hydrogen) atoms. The predicted molar refractivity (Wildman–Crippen MR) is 76.3 cm³/mol. The third-order valence-corrected chi connectivity index (χ3v) is 3.61. The average molecular weight is 262 g/mol. The zero-order valence-electron chi connectivity index (χ0n) is 11.4. The predicted octanol–water partition coefficient (Wildman–Crippen LogP) is 2.01. The Balaban J connectivity index is 1.89. The van der Waals surface area contributed by atoms with Crippen molar-refractivity contribution in [2.24, 2.45) is 5.92 Å². The van der Waals surface area contributed by atoms with E-state index in [9.17, 15) is 4.79 Å². The molecule has 0 aliphatic heterocycles. The molecule has 1 aliphatic rings. The van der Waals surface area contributed by atoms with E-state index in [1.165, 1.54) is 19.3 Å². The van der Waals surface area contributed by atoms with Crippen LogP contribution in [0.1, 0.15) is 36.5 Å². The molecule has 2 unspecified atom stereocenters. The van der Waals surface area contributed by atoms with Gasteiger partial charge in [0.15, 0.2) is 0 Å². The monoisotopic (exact) mass is 262 g/mol. The molecule has 1 amide bonds. The van der Waals surface area contributed by atoms with Gasteiger partial charge in [-0.1, -0.05) is 6.92 Å². The summed E-state index contributed by atoms with van der Waals surface area (Å²) in [5, 5.41) is 14.8. The van der Waals surface area contributed by atoms with E-state index >= 15 is 0 Å². The molecule has 3 N–H and O–H groups in total. The molecule has 2 rings (SSSR count). The summed E-state index contributed by atoms with van der Waals surface area (Å²) >= 11 is 0. The minimum Gasteiger partial charge on any atom is -0.395 e. The summed E-state index contributed by atoms with van der Waals surface area (Å²) in [5.41, 5.74) is 1.69. The number of amides is 1. The number of rotatable bonds is 5. The molecule has 0 heterocycles. The zero-order valence-corrected chi connectivity index (χ0v) is 11.4. The lowest BCUT2D eigenvalue weighted by molar-refractivity contribution is 0.0945. The molecule has 1 saturated carbocycles. The summed E-state index contributed by atoms with van der Waals surface area (Å²) < 4.78 is 0. The van der Waals surface area contributed by atoms with Gasteiger partial charge in [0.05, 0.1) is 6.61 Å². The van der Waals surface area contributed by atoms with E-state index in [4.69, 9.17) is 5.11 Å². The van der Waals surface area contributed by atoms with E-state index < -0.39 is 0 Å². The van der Waals surface area contributed by atoms with Gasteiger partial charge >= 0.3 is 0 Å². The third kappa shape index (κ3) is 3.96. The van der Waals surface area contributed by atoms with Crippen LogP contribution in [0.5, 0.6) is 0 Å². The molecule has 0 spiro atoms. The number of aliphatic hydroxyl groups excluding tert-OH is 1. The Morgan fingerprint density at radius 1 is 1.32 bits per heavy atom. The second kappa shape index (κ2) is 6.57. The first-order chi connectivity index (χ1) is 9.19. The molecule has 1 aromatic carbocycles. The van der Waals surface area contributed by atoms with Crippen LogP contribution in [-0.2, 0) is 0 Å². The highest BCUT2D eigenvalue weighted by atomic mass is 16.3. The van der Waals surface area contributed by atoms with Gasteiger partial charge in [-0.05, 0) is 49.4 Å². The molecule has 4 nitrogen and oxygen atoms in total. The lowest BCUT2D eigenvalue weighted by atomic mass is 10.1. The zero-order chi connectivity index (χ0) is 13.7. The summed E-state index contributed by atoms with van der Waals surface area (Å²) in [5.74, 6) is 0.663. The fourth-order valence-electron chi connectivity index (χ4n) is 2.56. The summed E-state index contributed by atoms with van der Waals surface area (Å²) in [7, 11) is 0. The van der Waals surface area contributed by atoms with Crippen LogP contribution in [0, 0.1) is 5.92 Å².